The van der Waals surface area contributed by atoms with Crippen LogP contribution in [0.1, 0.15) is 57.8 Å². The van der Waals surface area contributed by atoms with Crippen LogP contribution in [-0.2, 0) is 9.59 Å². The quantitative estimate of drug-likeness (QED) is 0.496. The minimum atomic E-state index is -0.716. The van der Waals surface area contributed by atoms with E-state index in [1.54, 1.807) is 0 Å². The van der Waals surface area contributed by atoms with Gasteiger partial charge in [-0.3, -0.25) is 9.59 Å². The van der Waals surface area contributed by atoms with Gasteiger partial charge in [-0.25, -0.2) is 0 Å². The molecule has 0 aromatic rings. The second-order valence-corrected chi connectivity index (χ2v) is 5.39. The topological polar surface area (TPSA) is 74.6 Å². The molecule has 0 spiro atoms. The molecule has 1 rings (SSSR count). The van der Waals surface area contributed by atoms with Gasteiger partial charge in [0.05, 0.1) is 5.92 Å². The van der Waals surface area contributed by atoms with Gasteiger partial charge in [0.15, 0.2) is 0 Å². The maximum absolute atomic E-state index is 10.9. The van der Waals surface area contributed by atoms with Gasteiger partial charge in [-0.15, -0.1) is 0 Å². The van der Waals surface area contributed by atoms with Crippen molar-refractivity contribution in [3.63, 3.8) is 0 Å². The molecule has 0 aliphatic heterocycles. The molecule has 19 heavy (non-hydrogen) atoms. The minimum Gasteiger partial charge on any atom is -0.481 e. The fourth-order valence-corrected chi connectivity index (χ4v) is 2.60. The lowest BCUT2D eigenvalue weighted by Crippen LogP contribution is -2.19. The maximum Gasteiger partial charge on any atom is 0.306 e. The summed E-state index contributed by atoms with van der Waals surface area (Å²) in [5.41, 5.74) is 0. The summed E-state index contributed by atoms with van der Waals surface area (Å²) in [5.74, 6) is -1.19. The first kappa shape index (κ1) is 15.7. The van der Waals surface area contributed by atoms with Crippen molar-refractivity contribution in [3.8, 4) is 0 Å². The highest BCUT2D eigenvalue weighted by Gasteiger charge is 2.22. The van der Waals surface area contributed by atoms with Crippen LogP contribution in [0.25, 0.3) is 0 Å². The molecular weight excluding hydrogens is 244 g/mol. The lowest BCUT2D eigenvalue weighted by Gasteiger charge is -2.21. The van der Waals surface area contributed by atoms with Crippen molar-refractivity contribution in [2.45, 2.75) is 57.8 Å². The van der Waals surface area contributed by atoms with E-state index in [1.165, 1.54) is 0 Å². The van der Waals surface area contributed by atoms with Crippen LogP contribution in [0.15, 0.2) is 12.2 Å². The first-order valence-electron chi connectivity index (χ1n) is 7.21. The molecule has 0 saturated carbocycles. The van der Waals surface area contributed by atoms with E-state index in [1.807, 2.05) is 6.08 Å². The number of hydrogen-bond donors (Lipinski definition) is 2. The largest absolute Gasteiger partial charge is 0.481 e. The fraction of sp³-hybridized carbons (Fsp3) is 0.733. The zero-order chi connectivity index (χ0) is 14.1. The zero-order valence-corrected chi connectivity index (χ0v) is 11.4. The Labute approximate surface area is 114 Å². The highest BCUT2D eigenvalue weighted by molar-refractivity contribution is 5.70. The molecule has 0 heterocycles. The van der Waals surface area contributed by atoms with E-state index in [-0.39, 0.29) is 12.3 Å². The van der Waals surface area contributed by atoms with Crippen molar-refractivity contribution in [1.82, 2.24) is 0 Å². The third-order valence-corrected chi connectivity index (χ3v) is 3.73. The molecule has 2 unspecified atom stereocenters. The Morgan fingerprint density at radius 2 is 1.74 bits per heavy atom. The highest BCUT2D eigenvalue weighted by atomic mass is 16.4. The van der Waals surface area contributed by atoms with Gasteiger partial charge < -0.3 is 10.2 Å². The number of unbranched alkanes of at least 4 members (excludes halogenated alkanes) is 4. The molecule has 0 aromatic carbocycles. The van der Waals surface area contributed by atoms with E-state index in [0.29, 0.717) is 12.3 Å². The molecule has 0 fully saturated rings. The Bertz CT molecular complexity index is 322. The Kier molecular flexibility index (Phi) is 7.23. The van der Waals surface area contributed by atoms with Crippen molar-refractivity contribution >= 4 is 11.9 Å². The van der Waals surface area contributed by atoms with E-state index in [0.717, 1.165) is 44.9 Å². The number of carbonyl (C=O) groups is 2. The van der Waals surface area contributed by atoms with Gasteiger partial charge in [-0.2, -0.15) is 0 Å². The van der Waals surface area contributed by atoms with Gasteiger partial charge in [0, 0.05) is 6.42 Å². The zero-order valence-electron chi connectivity index (χ0n) is 11.4. The lowest BCUT2D eigenvalue weighted by molar-refractivity contribution is -0.142. The van der Waals surface area contributed by atoms with Crippen molar-refractivity contribution in [1.29, 1.82) is 0 Å². The molecular formula is C15H24O4. The normalized spacial score (nSPS) is 22.3. The first-order chi connectivity index (χ1) is 9.09. The van der Waals surface area contributed by atoms with Gasteiger partial charge in [-0.05, 0) is 31.6 Å². The summed E-state index contributed by atoms with van der Waals surface area (Å²) in [5, 5.41) is 17.5. The van der Waals surface area contributed by atoms with Gasteiger partial charge in [-0.1, -0.05) is 37.8 Å². The van der Waals surface area contributed by atoms with E-state index in [2.05, 4.69) is 6.08 Å². The van der Waals surface area contributed by atoms with Crippen molar-refractivity contribution < 1.29 is 19.8 Å². The molecule has 0 amide bonds. The predicted molar refractivity (Wildman–Crippen MR) is 72.9 cm³/mol. The number of rotatable bonds is 9. The fourth-order valence-electron chi connectivity index (χ4n) is 2.60. The van der Waals surface area contributed by atoms with Crippen LogP contribution in [0.3, 0.4) is 0 Å². The summed E-state index contributed by atoms with van der Waals surface area (Å²) in [6.45, 7) is 0. The van der Waals surface area contributed by atoms with Crippen LogP contribution in [0.4, 0.5) is 0 Å². The monoisotopic (exact) mass is 268 g/mol. The van der Waals surface area contributed by atoms with Crippen LogP contribution >= 0.6 is 0 Å². The molecule has 0 radical (unpaired) electrons. The predicted octanol–water partition coefficient (Wildman–Crippen LogP) is 3.47. The molecule has 2 N–H and O–H groups in total. The second kappa shape index (κ2) is 8.73. The third-order valence-electron chi connectivity index (χ3n) is 3.73. The minimum absolute atomic E-state index is 0.203. The Morgan fingerprint density at radius 3 is 2.42 bits per heavy atom. The lowest BCUT2D eigenvalue weighted by atomic mass is 9.84. The maximum atomic E-state index is 10.9. The molecule has 1 aliphatic carbocycles. The van der Waals surface area contributed by atoms with Crippen molar-refractivity contribution in [2.75, 3.05) is 0 Å². The van der Waals surface area contributed by atoms with E-state index >= 15 is 0 Å². The average molecular weight is 268 g/mol. The summed E-state index contributed by atoms with van der Waals surface area (Å²) in [4.78, 5) is 21.2. The summed E-state index contributed by atoms with van der Waals surface area (Å²) in [7, 11) is 0. The molecule has 0 bridgehead atoms. The average Bonchev–Trinajstić information content (AvgIpc) is 2.37. The Morgan fingerprint density at radius 1 is 1.05 bits per heavy atom. The van der Waals surface area contributed by atoms with Crippen molar-refractivity contribution in [2.24, 2.45) is 11.8 Å². The van der Waals surface area contributed by atoms with Crippen LogP contribution in [0.2, 0.25) is 0 Å². The summed E-state index contributed by atoms with van der Waals surface area (Å²) >= 11 is 0. The van der Waals surface area contributed by atoms with Gasteiger partial charge in [0.25, 0.3) is 0 Å². The van der Waals surface area contributed by atoms with Crippen LogP contribution < -0.4 is 0 Å². The molecule has 4 nitrogen and oxygen atoms in total. The van der Waals surface area contributed by atoms with Crippen LogP contribution in [-0.4, -0.2) is 22.2 Å². The summed E-state index contributed by atoms with van der Waals surface area (Å²) in [6.07, 6.45) is 12.0. The number of aliphatic carboxylic acids is 2. The smallest absolute Gasteiger partial charge is 0.306 e. The van der Waals surface area contributed by atoms with E-state index < -0.39 is 11.9 Å². The summed E-state index contributed by atoms with van der Waals surface area (Å²) < 4.78 is 0. The second-order valence-electron chi connectivity index (χ2n) is 5.39. The molecule has 4 heteroatoms. The van der Waals surface area contributed by atoms with Gasteiger partial charge in [0.1, 0.15) is 0 Å². The summed E-state index contributed by atoms with van der Waals surface area (Å²) in [6, 6.07) is 0. The standard InChI is InChI=1S/C15H24O4/c16-14(17)10-5-3-1-2-4-7-12-8-6-9-13(11-12)15(18)19/h6,8,12-13H,1-5,7,9-11H2,(H,16,17)(H,18,19). The van der Waals surface area contributed by atoms with Gasteiger partial charge >= 0.3 is 11.9 Å². The molecule has 108 valence electrons. The SMILES string of the molecule is O=C(O)CCCCCCCC1C=CCC(C(=O)O)C1. The Balaban J connectivity index is 2.03. The molecule has 2 atom stereocenters. The van der Waals surface area contributed by atoms with Crippen LogP contribution in [0.5, 0.6) is 0 Å². The molecule has 0 saturated heterocycles. The Hall–Kier alpha value is -1.32. The molecule has 0 aromatic heterocycles. The first-order valence-corrected chi connectivity index (χ1v) is 7.21. The van der Waals surface area contributed by atoms with E-state index in [4.69, 9.17) is 10.2 Å². The number of allylic oxidation sites excluding steroid dienone is 2. The van der Waals surface area contributed by atoms with Gasteiger partial charge in [0.2, 0.25) is 0 Å². The van der Waals surface area contributed by atoms with Crippen molar-refractivity contribution in [3.05, 3.63) is 12.2 Å². The number of carboxylic acids is 2. The number of carboxylic acid groups (broad SMARTS) is 2. The number of hydrogen-bond acceptors (Lipinski definition) is 2. The van der Waals surface area contributed by atoms with Crippen LogP contribution in [0, 0.1) is 11.8 Å². The highest BCUT2D eigenvalue weighted by Crippen LogP contribution is 2.27. The van der Waals surface area contributed by atoms with E-state index in [9.17, 15) is 9.59 Å². The molecule has 1 aliphatic rings. The third kappa shape index (κ3) is 6.99.